The van der Waals surface area contributed by atoms with Crippen molar-refractivity contribution in [2.45, 2.75) is 59.0 Å². The lowest BCUT2D eigenvalue weighted by molar-refractivity contribution is -0.128. The normalized spacial score (nSPS) is 12.4. The van der Waals surface area contributed by atoms with Crippen molar-refractivity contribution in [1.82, 2.24) is 5.32 Å². The van der Waals surface area contributed by atoms with Crippen LogP contribution in [0.25, 0.3) is 0 Å². The quantitative estimate of drug-likeness (QED) is 0.656. The molecule has 0 heterocycles. The number of carbonyl (C=O) groups is 3. The minimum Gasteiger partial charge on any atom is -0.368 e. The van der Waals surface area contributed by atoms with Crippen LogP contribution in [0, 0.1) is 0 Å². The van der Waals surface area contributed by atoms with Crippen molar-refractivity contribution in [2.75, 3.05) is 0 Å². The number of carbonyl (C=O) groups excluding carboxylic acids is 3. The summed E-state index contributed by atoms with van der Waals surface area (Å²) in [5.74, 6) is -1.06. The molecule has 0 bridgehead atoms. The fourth-order valence-corrected chi connectivity index (χ4v) is 1.80. The monoisotopic (exact) mass is 335 g/mol. The van der Waals surface area contributed by atoms with Crippen LogP contribution in [-0.2, 0) is 16.0 Å². The lowest BCUT2D eigenvalue weighted by atomic mass is 10.0. The number of nitrogens with two attached hydrogens (primary N) is 2. The standard InChI is InChI=1S/C15H21N3O3.C3H8/c1-3-12(16)15(21)18-13(14(17)20)8-10-4-6-11(7-5-10)9(2)19;1-3-2/h4-7,12-13H,3,8,16H2,1-2H3,(H2,17,20)(H,18,21);3H2,1-2H3/t12-,13+;/m1./s1. The Morgan fingerprint density at radius 3 is 1.96 bits per heavy atom. The molecule has 2 atom stereocenters. The Balaban J connectivity index is 0.00000163. The van der Waals surface area contributed by atoms with Crippen LogP contribution in [0.3, 0.4) is 0 Å². The van der Waals surface area contributed by atoms with Crippen molar-refractivity contribution in [3.05, 3.63) is 35.4 Å². The minimum absolute atomic E-state index is 0.0322. The van der Waals surface area contributed by atoms with Crippen molar-refractivity contribution in [1.29, 1.82) is 0 Å². The summed E-state index contributed by atoms with van der Waals surface area (Å²) in [6.45, 7) is 7.51. The number of nitrogens with one attached hydrogen (secondary N) is 1. The molecule has 5 N–H and O–H groups in total. The van der Waals surface area contributed by atoms with E-state index in [2.05, 4.69) is 19.2 Å². The first-order valence-corrected chi connectivity index (χ1v) is 8.21. The van der Waals surface area contributed by atoms with Gasteiger partial charge in [-0.05, 0) is 18.9 Å². The molecule has 0 aromatic heterocycles. The highest BCUT2D eigenvalue weighted by Crippen LogP contribution is 2.08. The van der Waals surface area contributed by atoms with E-state index in [1.807, 2.05) is 0 Å². The average molecular weight is 335 g/mol. The van der Waals surface area contributed by atoms with Crippen molar-refractivity contribution < 1.29 is 14.4 Å². The molecule has 0 saturated heterocycles. The third-order valence-electron chi connectivity index (χ3n) is 3.24. The number of rotatable bonds is 7. The molecule has 2 amide bonds. The van der Waals surface area contributed by atoms with Crippen LogP contribution in [0.4, 0.5) is 0 Å². The van der Waals surface area contributed by atoms with E-state index >= 15 is 0 Å². The van der Waals surface area contributed by atoms with Crippen LogP contribution in [0.15, 0.2) is 24.3 Å². The third kappa shape index (κ3) is 7.87. The number of hydrogen-bond donors (Lipinski definition) is 3. The number of primary amides is 1. The van der Waals surface area contributed by atoms with Crippen LogP contribution in [0.1, 0.15) is 56.5 Å². The van der Waals surface area contributed by atoms with Crippen molar-refractivity contribution >= 4 is 17.6 Å². The molecule has 1 aromatic rings. The minimum atomic E-state index is -0.821. The summed E-state index contributed by atoms with van der Waals surface area (Å²) in [4.78, 5) is 34.4. The van der Waals surface area contributed by atoms with Gasteiger partial charge in [-0.3, -0.25) is 14.4 Å². The molecule has 0 spiro atoms. The Labute approximate surface area is 144 Å². The molecule has 0 aliphatic carbocycles. The molecule has 6 heteroatoms. The van der Waals surface area contributed by atoms with Crippen LogP contribution >= 0.6 is 0 Å². The Kier molecular flexibility index (Phi) is 10.3. The summed E-state index contributed by atoms with van der Waals surface area (Å²) in [5.41, 5.74) is 12.3. The van der Waals surface area contributed by atoms with E-state index < -0.39 is 23.9 Å². The lowest BCUT2D eigenvalue weighted by Crippen LogP contribution is -2.51. The maximum atomic E-state index is 11.7. The number of amides is 2. The first-order chi connectivity index (χ1) is 11.3. The second-order valence-electron chi connectivity index (χ2n) is 5.64. The maximum Gasteiger partial charge on any atom is 0.240 e. The van der Waals surface area contributed by atoms with Crippen molar-refractivity contribution in [2.24, 2.45) is 11.5 Å². The predicted molar refractivity (Wildman–Crippen MR) is 95.5 cm³/mol. The van der Waals surface area contributed by atoms with Crippen LogP contribution in [0.5, 0.6) is 0 Å². The number of benzene rings is 1. The van der Waals surface area contributed by atoms with E-state index in [4.69, 9.17) is 11.5 Å². The Bertz CT molecular complexity index is 541. The highest BCUT2D eigenvalue weighted by Gasteiger charge is 2.21. The molecule has 0 unspecified atom stereocenters. The molecular formula is C18H29N3O3. The maximum absolute atomic E-state index is 11.7. The molecule has 24 heavy (non-hydrogen) atoms. The molecule has 6 nitrogen and oxygen atoms in total. The zero-order chi connectivity index (χ0) is 18.7. The zero-order valence-corrected chi connectivity index (χ0v) is 15.0. The molecule has 1 aromatic carbocycles. The van der Waals surface area contributed by atoms with E-state index in [9.17, 15) is 14.4 Å². The predicted octanol–water partition coefficient (Wildman–Crippen LogP) is 1.56. The van der Waals surface area contributed by atoms with Crippen molar-refractivity contribution in [3.8, 4) is 0 Å². The molecule has 134 valence electrons. The topological polar surface area (TPSA) is 115 Å². The van der Waals surface area contributed by atoms with Gasteiger partial charge in [-0.25, -0.2) is 0 Å². The summed E-state index contributed by atoms with van der Waals surface area (Å²) in [6, 6.07) is 5.34. The van der Waals surface area contributed by atoms with E-state index in [1.54, 1.807) is 31.2 Å². The van der Waals surface area contributed by atoms with Crippen LogP contribution in [-0.4, -0.2) is 29.7 Å². The highest BCUT2D eigenvalue weighted by molar-refractivity contribution is 5.94. The fourth-order valence-electron chi connectivity index (χ4n) is 1.80. The van der Waals surface area contributed by atoms with E-state index in [0.29, 0.717) is 12.0 Å². The Morgan fingerprint density at radius 1 is 1.08 bits per heavy atom. The molecule has 0 aliphatic heterocycles. The molecule has 0 saturated carbocycles. The van der Waals surface area contributed by atoms with Gasteiger partial charge >= 0.3 is 0 Å². The number of ketones is 1. The first kappa shape index (κ1) is 21.8. The molecular weight excluding hydrogens is 306 g/mol. The second-order valence-corrected chi connectivity index (χ2v) is 5.64. The number of Topliss-reactive ketones (excluding diaryl/α,β-unsaturated/α-hetero) is 1. The van der Waals surface area contributed by atoms with Crippen molar-refractivity contribution in [3.63, 3.8) is 0 Å². The van der Waals surface area contributed by atoms with Crippen LogP contribution < -0.4 is 16.8 Å². The summed E-state index contributed by atoms with van der Waals surface area (Å²) < 4.78 is 0. The highest BCUT2D eigenvalue weighted by atomic mass is 16.2. The largest absolute Gasteiger partial charge is 0.368 e. The van der Waals surface area contributed by atoms with E-state index in [0.717, 1.165) is 5.56 Å². The van der Waals surface area contributed by atoms with Gasteiger partial charge in [0.15, 0.2) is 5.78 Å². The van der Waals surface area contributed by atoms with Gasteiger partial charge in [0.1, 0.15) is 6.04 Å². The Hall–Kier alpha value is -2.21. The van der Waals surface area contributed by atoms with Gasteiger partial charge in [0.2, 0.25) is 11.8 Å². The van der Waals surface area contributed by atoms with E-state index in [1.165, 1.54) is 13.3 Å². The van der Waals surface area contributed by atoms with Gasteiger partial charge in [0.25, 0.3) is 0 Å². The number of hydrogen-bond acceptors (Lipinski definition) is 4. The molecule has 0 radical (unpaired) electrons. The van der Waals surface area contributed by atoms with Gasteiger partial charge in [-0.15, -0.1) is 0 Å². The smallest absolute Gasteiger partial charge is 0.240 e. The molecule has 0 aliphatic rings. The SMILES string of the molecule is CCC.CC[C@@H](N)C(=O)N[C@@H](Cc1ccc(C(C)=O)cc1)C(N)=O. The summed E-state index contributed by atoms with van der Waals surface area (Å²) >= 11 is 0. The van der Waals surface area contributed by atoms with Gasteiger partial charge < -0.3 is 16.8 Å². The Morgan fingerprint density at radius 2 is 1.58 bits per heavy atom. The lowest BCUT2D eigenvalue weighted by Gasteiger charge is -2.18. The van der Waals surface area contributed by atoms with Gasteiger partial charge in [-0.1, -0.05) is 51.5 Å². The average Bonchev–Trinajstić information content (AvgIpc) is 2.54. The van der Waals surface area contributed by atoms with E-state index in [-0.39, 0.29) is 12.2 Å². The molecule has 0 fully saturated rings. The molecule has 1 rings (SSSR count). The summed E-state index contributed by atoms with van der Waals surface area (Å²) in [6.07, 6.45) is 1.99. The fraction of sp³-hybridized carbons (Fsp3) is 0.500. The van der Waals surface area contributed by atoms with Crippen LogP contribution in [0.2, 0.25) is 0 Å². The van der Waals surface area contributed by atoms with Gasteiger partial charge in [-0.2, -0.15) is 0 Å². The first-order valence-electron chi connectivity index (χ1n) is 8.21. The third-order valence-corrected chi connectivity index (χ3v) is 3.24. The summed E-state index contributed by atoms with van der Waals surface area (Å²) in [5, 5.41) is 2.55. The summed E-state index contributed by atoms with van der Waals surface area (Å²) in [7, 11) is 0. The van der Waals surface area contributed by atoms with Gasteiger partial charge in [0.05, 0.1) is 6.04 Å². The van der Waals surface area contributed by atoms with Gasteiger partial charge in [0, 0.05) is 12.0 Å². The zero-order valence-electron chi connectivity index (χ0n) is 15.0. The second kappa shape index (κ2) is 11.3.